The Kier molecular flexibility index (Phi) is 3.83. The number of hydrogen-bond acceptors (Lipinski definition) is 3. The van der Waals surface area contributed by atoms with Crippen molar-refractivity contribution < 1.29 is 0 Å². The Balaban J connectivity index is 1.87. The van der Waals surface area contributed by atoms with Crippen molar-refractivity contribution in [2.45, 2.75) is 13.0 Å². The van der Waals surface area contributed by atoms with Gasteiger partial charge in [-0.3, -0.25) is 0 Å². The predicted octanol–water partition coefficient (Wildman–Crippen LogP) is 5.78. The molecule has 0 fully saturated rings. The quantitative estimate of drug-likeness (QED) is 0.661. The first-order valence-electron chi connectivity index (χ1n) is 6.19. The van der Waals surface area contributed by atoms with Gasteiger partial charge in [0.25, 0.3) is 0 Å². The number of nitrogens with zero attached hydrogens (tertiary/aromatic N) is 1. The molecule has 0 saturated carbocycles. The lowest BCUT2D eigenvalue weighted by Crippen LogP contribution is -2.07. The predicted molar refractivity (Wildman–Crippen MR) is 88.1 cm³/mol. The van der Waals surface area contributed by atoms with Crippen LogP contribution in [0, 0.1) is 0 Å². The van der Waals surface area contributed by atoms with Crippen LogP contribution in [0.5, 0.6) is 0 Å². The minimum absolute atomic E-state index is 0.0755. The number of nitrogens with one attached hydrogen (secondary N) is 1. The zero-order valence-corrected chi connectivity index (χ0v) is 13.1. The highest BCUT2D eigenvalue weighted by Crippen LogP contribution is 2.32. The fourth-order valence-electron chi connectivity index (χ4n) is 2.13. The summed E-state index contributed by atoms with van der Waals surface area (Å²) in [6.07, 6.45) is 0. The Labute approximate surface area is 131 Å². The van der Waals surface area contributed by atoms with E-state index in [2.05, 4.69) is 23.3 Å². The molecule has 2 nitrogen and oxygen atoms in total. The summed E-state index contributed by atoms with van der Waals surface area (Å²) in [5.41, 5.74) is 4.91. The van der Waals surface area contributed by atoms with Gasteiger partial charge in [-0.1, -0.05) is 35.3 Å². The van der Waals surface area contributed by atoms with Crippen LogP contribution >= 0.6 is 34.5 Å². The van der Waals surface area contributed by atoms with Crippen LogP contribution in [0.1, 0.15) is 18.5 Å². The maximum absolute atomic E-state index is 6.25. The van der Waals surface area contributed by atoms with Crippen LogP contribution in [0.25, 0.3) is 10.2 Å². The smallest absolute Gasteiger partial charge is 0.0813 e. The van der Waals surface area contributed by atoms with Crippen molar-refractivity contribution in [3.63, 3.8) is 0 Å². The molecule has 1 atom stereocenters. The van der Waals surface area contributed by atoms with Gasteiger partial charge in [0.05, 0.1) is 31.8 Å². The zero-order chi connectivity index (χ0) is 14.1. The van der Waals surface area contributed by atoms with E-state index in [1.165, 1.54) is 4.70 Å². The lowest BCUT2D eigenvalue weighted by atomic mass is 10.1. The largest absolute Gasteiger partial charge is 0.378 e. The van der Waals surface area contributed by atoms with Crippen LogP contribution < -0.4 is 5.32 Å². The molecule has 0 aliphatic heterocycles. The number of fused-ring (bicyclic) bond motifs is 1. The van der Waals surface area contributed by atoms with E-state index in [9.17, 15) is 0 Å². The number of thiazole rings is 1. The van der Waals surface area contributed by atoms with Gasteiger partial charge >= 0.3 is 0 Å². The minimum atomic E-state index is 0.0755. The van der Waals surface area contributed by atoms with Gasteiger partial charge < -0.3 is 5.32 Å². The Morgan fingerprint density at radius 2 is 2.05 bits per heavy atom. The molecule has 3 rings (SSSR count). The second-order valence-electron chi connectivity index (χ2n) is 4.54. The first-order valence-corrected chi connectivity index (χ1v) is 7.82. The van der Waals surface area contributed by atoms with Gasteiger partial charge in [0.15, 0.2) is 0 Å². The number of rotatable bonds is 3. The molecular formula is C15H12Cl2N2S. The Hall–Kier alpha value is -1.29. The molecule has 0 aliphatic rings. The molecule has 2 aromatic carbocycles. The van der Waals surface area contributed by atoms with Gasteiger partial charge in [-0.15, -0.1) is 11.3 Å². The van der Waals surface area contributed by atoms with Crippen molar-refractivity contribution in [1.29, 1.82) is 0 Å². The molecule has 0 radical (unpaired) electrons. The van der Waals surface area contributed by atoms with Gasteiger partial charge in [-0.2, -0.15) is 0 Å². The fraction of sp³-hybridized carbons (Fsp3) is 0.133. The molecular weight excluding hydrogens is 311 g/mol. The van der Waals surface area contributed by atoms with Crippen LogP contribution in [0.15, 0.2) is 41.9 Å². The monoisotopic (exact) mass is 322 g/mol. The van der Waals surface area contributed by atoms with E-state index in [0.29, 0.717) is 10.0 Å². The topological polar surface area (TPSA) is 24.9 Å². The van der Waals surface area contributed by atoms with E-state index < -0.39 is 0 Å². The van der Waals surface area contributed by atoms with E-state index in [4.69, 9.17) is 23.2 Å². The fourth-order valence-corrected chi connectivity index (χ4v) is 3.32. The van der Waals surface area contributed by atoms with Crippen molar-refractivity contribution >= 4 is 50.4 Å². The molecule has 1 unspecified atom stereocenters. The van der Waals surface area contributed by atoms with Crippen molar-refractivity contribution in [3.8, 4) is 0 Å². The summed E-state index contributed by atoms with van der Waals surface area (Å²) in [5, 5.41) is 4.63. The van der Waals surface area contributed by atoms with Gasteiger partial charge in [0, 0.05) is 5.69 Å². The number of benzene rings is 2. The van der Waals surface area contributed by atoms with E-state index in [0.717, 1.165) is 16.8 Å². The first kappa shape index (κ1) is 13.7. The number of aromatic nitrogens is 1. The standard InChI is InChI=1S/C15H12Cl2N2S/c1-9(11-3-2-4-12(16)15(11)17)19-10-5-6-13-14(7-10)20-8-18-13/h2-9,19H,1H3. The summed E-state index contributed by atoms with van der Waals surface area (Å²) in [4.78, 5) is 4.28. The van der Waals surface area contributed by atoms with Crippen LogP contribution in [0.4, 0.5) is 5.69 Å². The third kappa shape index (κ3) is 2.62. The molecule has 1 aromatic heterocycles. The number of halogens is 2. The highest BCUT2D eigenvalue weighted by molar-refractivity contribution is 7.16. The summed E-state index contributed by atoms with van der Waals surface area (Å²) in [6, 6.07) is 11.9. The molecule has 5 heteroatoms. The maximum atomic E-state index is 6.25. The SMILES string of the molecule is CC(Nc1ccc2ncsc2c1)c1cccc(Cl)c1Cl. The van der Waals surface area contributed by atoms with Crippen LogP contribution in [-0.2, 0) is 0 Å². The van der Waals surface area contributed by atoms with Crippen LogP contribution in [-0.4, -0.2) is 4.98 Å². The van der Waals surface area contributed by atoms with E-state index in [1.807, 2.05) is 29.8 Å². The molecule has 0 saturated heterocycles. The second kappa shape index (κ2) is 5.60. The lowest BCUT2D eigenvalue weighted by Gasteiger charge is -2.17. The van der Waals surface area contributed by atoms with E-state index in [1.54, 1.807) is 17.4 Å². The zero-order valence-electron chi connectivity index (χ0n) is 10.7. The Morgan fingerprint density at radius 1 is 1.20 bits per heavy atom. The number of anilines is 1. The molecule has 0 aliphatic carbocycles. The number of hydrogen-bond donors (Lipinski definition) is 1. The van der Waals surface area contributed by atoms with Crippen molar-refractivity contribution in [3.05, 3.63) is 57.5 Å². The summed E-state index contributed by atoms with van der Waals surface area (Å²) < 4.78 is 1.17. The normalized spacial score (nSPS) is 12.6. The highest BCUT2D eigenvalue weighted by Gasteiger charge is 2.12. The second-order valence-corrected chi connectivity index (χ2v) is 6.22. The summed E-state index contributed by atoms with van der Waals surface area (Å²) in [5.74, 6) is 0. The van der Waals surface area contributed by atoms with Gasteiger partial charge in [0.1, 0.15) is 0 Å². The molecule has 1 heterocycles. The van der Waals surface area contributed by atoms with Crippen molar-refractivity contribution in [1.82, 2.24) is 4.98 Å². The van der Waals surface area contributed by atoms with Gasteiger partial charge in [-0.25, -0.2) is 4.98 Å². The van der Waals surface area contributed by atoms with Gasteiger partial charge in [0.2, 0.25) is 0 Å². The molecule has 0 amide bonds. The van der Waals surface area contributed by atoms with Gasteiger partial charge in [-0.05, 0) is 36.8 Å². The van der Waals surface area contributed by atoms with Crippen molar-refractivity contribution in [2.75, 3.05) is 5.32 Å². The Morgan fingerprint density at radius 3 is 2.90 bits per heavy atom. The Bertz CT molecular complexity index is 754. The summed E-state index contributed by atoms with van der Waals surface area (Å²) in [6.45, 7) is 2.06. The third-order valence-corrected chi connectivity index (χ3v) is 4.79. The third-order valence-electron chi connectivity index (χ3n) is 3.16. The molecule has 0 bridgehead atoms. The van der Waals surface area contributed by atoms with Crippen molar-refractivity contribution in [2.24, 2.45) is 0 Å². The van der Waals surface area contributed by atoms with E-state index >= 15 is 0 Å². The summed E-state index contributed by atoms with van der Waals surface area (Å²) in [7, 11) is 0. The van der Waals surface area contributed by atoms with E-state index in [-0.39, 0.29) is 6.04 Å². The average molecular weight is 323 g/mol. The molecule has 1 N–H and O–H groups in total. The van der Waals surface area contributed by atoms with Crippen LogP contribution in [0.3, 0.4) is 0 Å². The average Bonchev–Trinajstić information content (AvgIpc) is 2.89. The van der Waals surface area contributed by atoms with Crippen LogP contribution in [0.2, 0.25) is 10.0 Å². The molecule has 102 valence electrons. The molecule has 0 spiro atoms. The molecule has 20 heavy (non-hydrogen) atoms. The summed E-state index contributed by atoms with van der Waals surface area (Å²) >= 11 is 13.9. The maximum Gasteiger partial charge on any atom is 0.0813 e. The molecule has 3 aromatic rings. The first-order chi connectivity index (χ1) is 9.65. The minimum Gasteiger partial charge on any atom is -0.378 e. The lowest BCUT2D eigenvalue weighted by molar-refractivity contribution is 0.885. The highest BCUT2D eigenvalue weighted by atomic mass is 35.5.